The molecule has 0 spiro atoms. The maximum atomic E-state index is 12.5. The Morgan fingerprint density at radius 3 is 2.19 bits per heavy atom. The number of aryl methyl sites for hydroxylation is 1. The molecule has 0 aliphatic carbocycles. The summed E-state index contributed by atoms with van der Waals surface area (Å²) in [5.74, 6) is -1.00. The van der Waals surface area contributed by atoms with E-state index in [2.05, 4.69) is 0 Å². The summed E-state index contributed by atoms with van der Waals surface area (Å²) in [6.45, 7) is 1.78. The molecule has 0 atom stereocenters. The van der Waals surface area contributed by atoms with Gasteiger partial charge in [-0.3, -0.25) is 0 Å². The highest BCUT2D eigenvalue weighted by Gasteiger charge is 2.29. The van der Waals surface area contributed by atoms with Gasteiger partial charge in [-0.05, 0) is 54.3 Å². The molecule has 2 nitrogen and oxygen atoms in total. The van der Waals surface area contributed by atoms with Crippen molar-refractivity contribution in [1.29, 1.82) is 0 Å². The Kier molecular flexibility index (Phi) is 4.02. The van der Waals surface area contributed by atoms with E-state index in [0.717, 1.165) is 28.8 Å². The zero-order valence-electron chi connectivity index (χ0n) is 11.2. The molecule has 0 fully saturated rings. The third kappa shape index (κ3) is 3.62. The fourth-order valence-electron chi connectivity index (χ4n) is 2.06. The van der Waals surface area contributed by atoms with Crippen molar-refractivity contribution in [3.8, 4) is 0 Å². The lowest BCUT2D eigenvalue weighted by molar-refractivity contribution is -0.137. The van der Waals surface area contributed by atoms with E-state index < -0.39 is 17.7 Å². The van der Waals surface area contributed by atoms with Gasteiger partial charge in [0.25, 0.3) is 0 Å². The highest BCUT2D eigenvalue weighted by atomic mass is 19.4. The molecule has 2 aromatic rings. The lowest BCUT2D eigenvalue weighted by Crippen LogP contribution is -2.04. The Labute approximate surface area is 119 Å². The third-order valence-corrected chi connectivity index (χ3v) is 3.27. The van der Waals surface area contributed by atoms with Crippen LogP contribution in [0.5, 0.6) is 0 Å². The van der Waals surface area contributed by atoms with Gasteiger partial charge < -0.3 is 5.11 Å². The van der Waals surface area contributed by atoms with Crippen LogP contribution >= 0.6 is 0 Å². The van der Waals surface area contributed by atoms with E-state index in [-0.39, 0.29) is 5.56 Å². The average molecular weight is 294 g/mol. The van der Waals surface area contributed by atoms with E-state index in [1.165, 1.54) is 18.2 Å². The Balaban J connectivity index is 2.20. The summed E-state index contributed by atoms with van der Waals surface area (Å²) in [6, 6.07) is 9.72. The second kappa shape index (κ2) is 5.60. The van der Waals surface area contributed by atoms with Gasteiger partial charge in [-0.2, -0.15) is 13.2 Å². The van der Waals surface area contributed by atoms with Crippen molar-refractivity contribution in [3.05, 3.63) is 70.3 Å². The highest BCUT2D eigenvalue weighted by molar-refractivity contribution is 5.87. The molecular weight excluding hydrogens is 281 g/mol. The molecule has 0 aromatic heterocycles. The first kappa shape index (κ1) is 15.1. The maximum Gasteiger partial charge on any atom is 0.416 e. The smallest absolute Gasteiger partial charge is 0.416 e. The predicted molar refractivity (Wildman–Crippen MR) is 72.4 cm³/mol. The minimum absolute atomic E-state index is 0.198. The van der Waals surface area contributed by atoms with E-state index in [1.54, 1.807) is 19.1 Å². The van der Waals surface area contributed by atoms with Crippen molar-refractivity contribution < 1.29 is 23.1 Å². The molecule has 110 valence electrons. The molecule has 0 heterocycles. The number of halogens is 3. The summed E-state index contributed by atoms with van der Waals surface area (Å²) >= 11 is 0. The lowest BCUT2D eigenvalue weighted by atomic mass is 9.98. The zero-order valence-corrected chi connectivity index (χ0v) is 11.2. The van der Waals surface area contributed by atoms with Crippen LogP contribution in [0.2, 0.25) is 0 Å². The van der Waals surface area contributed by atoms with E-state index >= 15 is 0 Å². The van der Waals surface area contributed by atoms with Crippen LogP contribution in [-0.2, 0) is 12.6 Å². The first-order chi connectivity index (χ1) is 9.77. The van der Waals surface area contributed by atoms with Crippen LogP contribution in [0, 0.1) is 6.92 Å². The van der Waals surface area contributed by atoms with Crippen LogP contribution in [0.15, 0.2) is 42.5 Å². The van der Waals surface area contributed by atoms with Crippen LogP contribution in [0.4, 0.5) is 13.2 Å². The van der Waals surface area contributed by atoms with Gasteiger partial charge in [0.1, 0.15) is 0 Å². The van der Waals surface area contributed by atoms with Gasteiger partial charge >= 0.3 is 12.1 Å². The number of rotatable bonds is 3. The van der Waals surface area contributed by atoms with E-state index in [0.29, 0.717) is 6.42 Å². The molecule has 1 N–H and O–H groups in total. The number of alkyl halides is 3. The number of carbonyl (C=O) groups is 1. The van der Waals surface area contributed by atoms with Crippen molar-refractivity contribution in [2.24, 2.45) is 0 Å². The normalized spacial score (nSPS) is 11.4. The van der Waals surface area contributed by atoms with Crippen LogP contribution in [0.1, 0.15) is 32.6 Å². The summed E-state index contributed by atoms with van der Waals surface area (Å²) in [6.07, 6.45) is -3.87. The van der Waals surface area contributed by atoms with Crippen molar-refractivity contribution in [2.45, 2.75) is 19.5 Å². The van der Waals surface area contributed by atoms with Gasteiger partial charge in [-0.25, -0.2) is 4.79 Å². The van der Waals surface area contributed by atoms with Crippen molar-refractivity contribution in [3.63, 3.8) is 0 Å². The minimum Gasteiger partial charge on any atom is -0.478 e. The summed E-state index contributed by atoms with van der Waals surface area (Å²) in [4.78, 5) is 10.8. The van der Waals surface area contributed by atoms with Gasteiger partial charge in [0.05, 0.1) is 11.1 Å². The minimum atomic E-state index is -4.34. The molecule has 0 bridgehead atoms. The van der Waals surface area contributed by atoms with E-state index in [4.69, 9.17) is 5.11 Å². The summed E-state index contributed by atoms with van der Waals surface area (Å²) in [5, 5.41) is 8.89. The lowest BCUT2D eigenvalue weighted by Gasteiger charge is -2.09. The quantitative estimate of drug-likeness (QED) is 0.916. The first-order valence-electron chi connectivity index (χ1n) is 6.26. The number of hydrogen-bond acceptors (Lipinski definition) is 1. The first-order valence-corrected chi connectivity index (χ1v) is 6.26. The number of carboxylic acids is 1. The Hall–Kier alpha value is -2.30. The van der Waals surface area contributed by atoms with Crippen LogP contribution in [0.25, 0.3) is 0 Å². The number of carboxylic acid groups (broad SMARTS) is 1. The molecule has 0 radical (unpaired) electrons. The molecule has 0 aliphatic rings. The van der Waals surface area contributed by atoms with Gasteiger partial charge in [0.15, 0.2) is 0 Å². The topological polar surface area (TPSA) is 37.3 Å². The standard InChI is InChI=1S/C16H13F3O2/c1-10-8-13(15(20)21)5-4-12(10)9-11-2-6-14(7-3-11)16(17,18)19/h2-8H,9H2,1H3,(H,20,21). The molecule has 0 amide bonds. The monoisotopic (exact) mass is 294 g/mol. The largest absolute Gasteiger partial charge is 0.478 e. The summed E-state index contributed by atoms with van der Waals surface area (Å²) in [7, 11) is 0. The van der Waals surface area contributed by atoms with Crippen molar-refractivity contribution in [1.82, 2.24) is 0 Å². The maximum absolute atomic E-state index is 12.5. The van der Waals surface area contributed by atoms with E-state index in [1.807, 2.05) is 0 Å². The second-order valence-electron chi connectivity index (χ2n) is 4.82. The van der Waals surface area contributed by atoms with Gasteiger partial charge in [-0.1, -0.05) is 18.2 Å². The van der Waals surface area contributed by atoms with Gasteiger partial charge in [0.2, 0.25) is 0 Å². The molecule has 5 heteroatoms. The fraction of sp³-hybridized carbons (Fsp3) is 0.188. The fourth-order valence-corrected chi connectivity index (χ4v) is 2.06. The summed E-state index contributed by atoms with van der Waals surface area (Å²) in [5.41, 5.74) is 1.96. The molecule has 2 rings (SSSR count). The zero-order chi connectivity index (χ0) is 15.6. The van der Waals surface area contributed by atoms with Crippen LogP contribution < -0.4 is 0 Å². The van der Waals surface area contributed by atoms with Crippen molar-refractivity contribution >= 4 is 5.97 Å². The highest BCUT2D eigenvalue weighted by Crippen LogP contribution is 2.29. The predicted octanol–water partition coefficient (Wildman–Crippen LogP) is 4.30. The van der Waals surface area contributed by atoms with Crippen LogP contribution in [-0.4, -0.2) is 11.1 Å². The van der Waals surface area contributed by atoms with E-state index in [9.17, 15) is 18.0 Å². The third-order valence-electron chi connectivity index (χ3n) is 3.27. The van der Waals surface area contributed by atoms with Crippen LogP contribution in [0.3, 0.4) is 0 Å². The Morgan fingerprint density at radius 1 is 1.10 bits per heavy atom. The molecule has 2 aromatic carbocycles. The number of hydrogen-bond donors (Lipinski definition) is 1. The number of benzene rings is 2. The number of aromatic carboxylic acids is 1. The second-order valence-corrected chi connectivity index (χ2v) is 4.82. The average Bonchev–Trinajstić information content (AvgIpc) is 2.40. The Bertz CT molecular complexity index is 658. The SMILES string of the molecule is Cc1cc(C(=O)O)ccc1Cc1ccc(C(F)(F)F)cc1. The molecule has 0 saturated heterocycles. The molecule has 0 saturated carbocycles. The Morgan fingerprint density at radius 2 is 1.71 bits per heavy atom. The molecule has 21 heavy (non-hydrogen) atoms. The summed E-state index contributed by atoms with van der Waals surface area (Å²) < 4.78 is 37.4. The van der Waals surface area contributed by atoms with Gasteiger partial charge in [-0.15, -0.1) is 0 Å². The molecule has 0 aliphatic heterocycles. The molecular formula is C16H13F3O2. The van der Waals surface area contributed by atoms with Gasteiger partial charge in [0, 0.05) is 0 Å². The van der Waals surface area contributed by atoms with Crippen molar-refractivity contribution in [2.75, 3.05) is 0 Å². The molecule has 0 unspecified atom stereocenters.